The third kappa shape index (κ3) is 2.87. The topological polar surface area (TPSA) is 39.1 Å². The summed E-state index contributed by atoms with van der Waals surface area (Å²) in [5.74, 6) is 1.34. The van der Waals surface area contributed by atoms with Crippen LogP contribution in [0.2, 0.25) is 0 Å². The molecule has 1 aromatic heterocycles. The number of hydrogen-bond donors (Lipinski definition) is 1. The fourth-order valence-corrected chi connectivity index (χ4v) is 2.52. The lowest BCUT2D eigenvalue weighted by molar-refractivity contribution is 0.108. The minimum absolute atomic E-state index is 0. The van der Waals surface area contributed by atoms with E-state index in [1.807, 2.05) is 6.20 Å². The molecule has 0 amide bonds. The third-order valence-electron chi connectivity index (χ3n) is 3.77. The van der Waals surface area contributed by atoms with Crippen molar-refractivity contribution in [1.82, 2.24) is 15.1 Å². The van der Waals surface area contributed by atoms with Crippen molar-refractivity contribution in [3.05, 3.63) is 17.5 Å². The number of halogens is 1. The van der Waals surface area contributed by atoms with Crippen LogP contribution in [-0.4, -0.2) is 29.5 Å². The van der Waals surface area contributed by atoms with Crippen molar-refractivity contribution in [3.8, 4) is 0 Å². The van der Waals surface area contributed by atoms with Crippen molar-refractivity contribution in [2.75, 3.05) is 19.8 Å². The minimum Gasteiger partial charge on any atom is -0.380 e. The number of aromatic nitrogens is 2. The van der Waals surface area contributed by atoms with Gasteiger partial charge in [0.15, 0.2) is 0 Å². The van der Waals surface area contributed by atoms with Crippen LogP contribution in [0.5, 0.6) is 0 Å². The second kappa shape index (κ2) is 6.04. The number of hydrogen-bond acceptors (Lipinski definition) is 3. The summed E-state index contributed by atoms with van der Waals surface area (Å²) < 4.78 is 7.91. The lowest BCUT2D eigenvalue weighted by Gasteiger charge is -2.24. The zero-order valence-electron chi connectivity index (χ0n) is 10.9. The second-order valence-electron chi connectivity index (χ2n) is 5.17. The number of rotatable bonds is 5. The SMILES string of the molecule is CCn1ncc2c1CNCC2COCC1CC1.Cl. The molecular formula is C13H22ClN3O. The number of fused-ring (bicyclic) bond motifs is 1. The Labute approximate surface area is 114 Å². The van der Waals surface area contributed by atoms with Gasteiger partial charge in [0.2, 0.25) is 0 Å². The Bertz CT molecular complexity index is 390. The highest BCUT2D eigenvalue weighted by atomic mass is 35.5. The predicted molar refractivity (Wildman–Crippen MR) is 73.1 cm³/mol. The van der Waals surface area contributed by atoms with Crippen molar-refractivity contribution in [3.63, 3.8) is 0 Å². The van der Waals surface area contributed by atoms with Crippen molar-refractivity contribution >= 4 is 12.4 Å². The first kappa shape index (κ1) is 13.8. The highest BCUT2D eigenvalue weighted by Gasteiger charge is 2.25. The van der Waals surface area contributed by atoms with Gasteiger partial charge in [0.05, 0.1) is 18.5 Å². The Kier molecular flexibility index (Phi) is 4.65. The largest absolute Gasteiger partial charge is 0.380 e. The molecule has 1 aliphatic heterocycles. The van der Waals surface area contributed by atoms with E-state index in [9.17, 15) is 0 Å². The lowest BCUT2D eigenvalue weighted by atomic mass is 9.97. The number of nitrogens with one attached hydrogen (secondary N) is 1. The van der Waals surface area contributed by atoms with Crippen LogP contribution in [0.15, 0.2) is 6.20 Å². The molecule has 1 atom stereocenters. The third-order valence-corrected chi connectivity index (χ3v) is 3.77. The maximum absolute atomic E-state index is 5.82. The standard InChI is InChI=1S/C13H21N3O.ClH/c1-2-16-13-7-14-5-11(12(13)6-15-16)9-17-8-10-3-4-10;/h6,10-11,14H,2-5,7-9H2,1H3;1H. The zero-order chi connectivity index (χ0) is 11.7. The van der Waals surface area contributed by atoms with Gasteiger partial charge in [-0.25, -0.2) is 0 Å². The van der Waals surface area contributed by atoms with Gasteiger partial charge in [0, 0.05) is 37.7 Å². The van der Waals surface area contributed by atoms with E-state index in [2.05, 4.69) is 22.0 Å². The van der Waals surface area contributed by atoms with Gasteiger partial charge in [-0.2, -0.15) is 5.10 Å². The maximum Gasteiger partial charge on any atom is 0.0558 e. The van der Waals surface area contributed by atoms with Crippen LogP contribution in [0.1, 0.15) is 36.9 Å². The molecular weight excluding hydrogens is 250 g/mol. The van der Waals surface area contributed by atoms with Crippen LogP contribution in [0, 0.1) is 5.92 Å². The highest BCUT2D eigenvalue weighted by Crippen LogP contribution is 2.30. The summed E-state index contributed by atoms with van der Waals surface area (Å²) in [6.07, 6.45) is 4.76. The van der Waals surface area contributed by atoms with Crippen molar-refractivity contribution < 1.29 is 4.74 Å². The van der Waals surface area contributed by atoms with E-state index in [-0.39, 0.29) is 12.4 Å². The molecule has 0 radical (unpaired) electrons. The summed E-state index contributed by atoms with van der Waals surface area (Å²) in [5, 5.41) is 7.91. The van der Waals surface area contributed by atoms with E-state index in [4.69, 9.17) is 4.74 Å². The van der Waals surface area contributed by atoms with E-state index in [1.54, 1.807) is 0 Å². The van der Waals surface area contributed by atoms with Crippen molar-refractivity contribution in [2.24, 2.45) is 5.92 Å². The molecule has 1 aliphatic carbocycles. The molecule has 4 nitrogen and oxygen atoms in total. The quantitative estimate of drug-likeness (QED) is 0.890. The lowest BCUT2D eigenvalue weighted by Crippen LogP contribution is -2.31. The molecule has 18 heavy (non-hydrogen) atoms. The van der Waals surface area contributed by atoms with Crippen LogP contribution in [0.4, 0.5) is 0 Å². The molecule has 1 N–H and O–H groups in total. The van der Waals surface area contributed by atoms with Crippen molar-refractivity contribution in [2.45, 2.75) is 38.8 Å². The predicted octanol–water partition coefficient (Wildman–Crippen LogP) is 1.94. The van der Waals surface area contributed by atoms with E-state index in [0.717, 1.165) is 38.8 Å². The normalized spacial score (nSPS) is 22.4. The van der Waals surface area contributed by atoms with E-state index in [1.165, 1.54) is 24.1 Å². The molecule has 1 saturated carbocycles. The summed E-state index contributed by atoms with van der Waals surface area (Å²) in [5.41, 5.74) is 2.74. The Morgan fingerprint density at radius 2 is 2.28 bits per heavy atom. The first-order valence-corrected chi connectivity index (χ1v) is 6.71. The first-order chi connectivity index (χ1) is 8.38. The van der Waals surface area contributed by atoms with Crippen LogP contribution >= 0.6 is 12.4 Å². The second-order valence-corrected chi connectivity index (χ2v) is 5.17. The van der Waals surface area contributed by atoms with Gasteiger partial charge in [-0.05, 0) is 25.7 Å². The Balaban J connectivity index is 0.00000120. The molecule has 102 valence electrons. The molecule has 3 rings (SSSR count). The number of nitrogens with zero attached hydrogens (tertiary/aromatic N) is 2. The van der Waals surface area contributed by atoms with Crippen LogP contribution in [0.25, 0.3) is 0 Å². The first-order valence-electron chi connectivity index (χ1n) is 6.71. The monoisotopic (exact) mass is 271 g/mol. The minimum atomic E-state index is 0. The smallest absolute Gasteiger partial charge is 0.0558 e. The Morgan fingerprint density at radius 1 is 1.44 bits per heavy atom. The van der Waals surface area contributed by atoms with Gasteiger partial charge in [-0.1, -0.05) is 0 Å². The van der Waals surface area contributed by atoms with E-state index in [0.29, 0.717) is 5.92 Å². The maximum atomic E-state index is 5.82. The summed E-state index contributed by atoms with van der Waals surface area (Å²) >= 11 is 0. The summed E-state index contributed by atoms with van der Waals surface area (Å²) in [7, 11) is 0. The molecule has 1 fully saturated rings. The summed E-state index contributed by atoms with van der Waals surface area (Å²) in [6, 6.07) is 0. The Morgan fingerprint density at radius 3 is 3.00 bits per heavy atom. The van der Waals surface area contributed by atoms with Gasteiger partial charge in [-0.3, -0.25) is 4.68 Å². The zero-order valence-corrected chi connectivity index (χ0v) is 11.7. The summed E-state index contributed by atoms with van der Waals surface area (Å²) in [4.78, 5) is 0. The molecule has 1 unspecified atom stereocenters. The molecule has 0 aromatic carbocycles. The van der Waals surface area contributed by atoms with E-state index >= 15 is 0 Å². The molecule has 2 heterocycles. The van der Waals surface area contributed by atoms with E-state index < -0.39 is 0 Å². The number of aryl methyl sites for hydroxylation is 1. The van der Waals surface area contributed by atoms with Crippen LogP contribution in [-0.2, 0) is 17.8 Å². The Hall–Kier alpha value is -0.580. The van der Waals surface area contributed by atoms with Gasteiger partial charge in [-0.15, -0.1) is 12.4 Å². The van der Waals surface area contributed by atoms with Gasteiger partial charge in [0.1, 0.15) is 0 Å². The molecule has 5 heteroatoms. The van der Waals surface area contributed by atoms with Gasteiger partial charge < -0.3 is 10.1 Å². The molecule has 0 spiro atoms. The molecule has 1 aromatic rings. The highest BCUT2D eigenvalue weighted by molar-refractivity contribution is 5.85. The average molecular weight is 272 g/mol. The fraction of sp³-hybridized carbons (Fsp3) is 0.769. The number of ether oxygens (including phenoxy) is 1. The average Bonchev–Trinajstić information content (AvgIpc) is 3.07. The van der Waals surface area contributed by atoms with Crippen LogP contribution in [0.3, 0.4) is 0 Å². The van der Waals surface area contributed by atoms with Gasteiger partial charge in [0.25, 0.3) is 0 Å². The van der Waals surface area contributed by atoms with Crippen LogP contribution < -0.4 is 5.32 Å². The fourth-order valence-electron chi connectivity index (χ4n) is 2.52. The molecule has 2 aliphatic rings. The molecule has 0 bridgehead atoms. The van der Waals surface area contributed by atoms with Crippen molar-refractivity contribution in [1.29, 1.82) is 0 Å². The molecule has 0 saturated heterocycles. The van der Waals surface area contributed by atoms with Gasteiger partial charge >= 0.3 is 0 Å². The summed E-state index contributed by atoms with van der Waals surface area (Å²) in [6.45, 7) is 6.85.